The molecule has 2 N–H and O–H groups in total. The van der Waals surface area contributed by atoms with Crippen molar-refractivity contribution in [3.8, 4) is 5.75 Å². The zero-order valence-corrected chi connectivity index (χ0v) is 7.85. The number of nitrogens with two attached hydrogens (primary N) is 1. The van der Waals surface area contributed by atoms with Gasteiger partial charge in [0.15, 0.2) is 11.6 Å². The summed E-state index contributed by atoms with van der Waals surface area (Å²) in [6, 6.07) is 4.32. The van der Waals surface area contributed by atoms with Crippen molar-refractivity contribution >= 4 is 11.6 Å². The van der Waals surface area contributed by atoms with E-state index in [0.717, 1.165) is 0 Å². The number of benzene rings is 1. The average Bonchev–Trinajstić information content (AvgIpc) is 2.09. The van der Waals surface area contributed by atoms with E-state index in [1.54, 1.807) is 6.07 Å². The van der Waals surface area contributed by atoms with Crippen LogP contribution < -0.4 is 10.5 Å². The van der Waals surface area contributed by atoms with Gasteiger partial charge >= 0.3 is 0 Å². The van der Waals surface area contributed by atoms with E-state index in [-0.39, 0.29) is 5.75 Å². The van der Waals surface area contributed by atoms with Gasteiger partial charge in [0.25, 0.3) is 0 Å². The van der Waals surface area contributed by atoms with Crippen LogP contribution in [0.3, 0.4) is 0 Å². The fraction of sp³-hybridized carbons (Fsp3) is 0.333. The Morgan fingerprint density at radius 2 is 2.23 bits per heavy atom. The first kappa shape index (κ1) is 10.3. The zero-order chi connectivity index (χ0) is 9.68. The molecule has 0 bridgehead atoms. The average molecular weight is 204 g/mol. The molecule has 1 aromatic rings. The molecule has 2 nitrogen and oxygen atoms in total. The van der Waals surface area contributed by atoms with Crippen LogP contribution in [-0.4, -0.2) is 13.2 Å². The van der Waals surface area contributed by atoms with E-state index >= 15 is 0 Å². The molecule has 72 valence electrons. The summed E-state index contributed by atoms with van der Waals surface area (Å²) in [5.41, 5.74) is 5.26. The molecule has 0 aliphatic rings. The lowest BCUT2D eigenvalue weighted by Gasteiger charge is -2.05. The summed E-state index contributed by atoms with van der Waals surface area (Å²) in [6.45, 7) is 0.963. The lowest BCUT2D eigenvalue weighted by Crippen LogP contribution is -2.06. The van der Waals surface area contributed by atoms with Gasteiger partial charge in [0, 0.05) is 5.02 Å². The van der Waals surface area contributed by atoms with E-state index in [1.165, 1.54) is 12.1 Å². The van der Waals surface area contributed by atoms with Crippen molar-refractivity contribution in [1.29, 1.82) is 0 Å². The Morgan fingerprint density at radius 3 is 2.85 bits per heavy atom. The van der Waals surface area contributed by atoms with Crippen molar-refractivity contribution in [3.05, 3.63) is 29.0 Å². The minimum atomic E-state index is -0.440. The molecule has 0 saturated carbocycles. The van der Waals surface area contributed by atoms with Gasteiger partial charge in [-0.3, -0.25) is 0 Å². The highest BCUT2D eigenvalue weighted by molar-refractivity contribution is 6.30. The normalized spacial score (nSPS) is 10.1. The third-order valence-electron chi connectivity index (χ3n) is 1.50. The van der Waals surface area contributed by atoms with Gasteiger partial charge < -0.3 is 10.5 Å². The molecule has 0 fully saturated rings. The van der Waals surface area contributed by atoms with Gasteiger partial charge in [0.05, 0.1) is 6.61 Å². The monoisotopic (exact) mass is 203 g/mol. The lowest BCUT2D eigenvalue weighted by molar-refractivity contribution is 0.298. The first-order valence-electron chi connectivity index (χ1n) is 4.02. The van der Waals surface area contributed by atoms with Gasteiger partial charge in [-0.05, 0) is 31.2 Å². The quantitative estimate of drug-likeness (QED) is 0.762. The minimum Gasteiger partial charge on any atom is -0.490 e. The Labute approximate surface area is 81.4 Å². The first-order chi connectivity index (χ1) is 6.24. The molecular formula is C9H11ClFNO. The van der Waals surface area contributed by atoms with Crippen molar-refractivity contribution in [2.45, 2.75) is 6.42 Å². The maximum absolute atomic E-state index is 13.0. The van der Waals surface area contributed by atoms with E-state index in [2.05, 4.69) is 0 Å². The highest BCUT2D eigenvalue weighted by atomic mass is 35.5. The van der Waals surface area contributed by atoms with Crippen molar-refractivity contribution in [3.63, 3.8) is 0 Å². The van der Waals surface area contributed by atoms with Crippen LogP contribution in [0.15, 0.2) is 18.2 Å². The molecule has 13 heavy (non-hydrogen) atoms. The van der Waals surface area contributed by atoms with E-state index in [4.69, 9.17) is 22.1 Å². The van der Waals surface area contributed by atoms with Gasteiger partial charge in [-0.1, -0.05) is 11.6 Å². The van der Waals surface area contributed by atoms with Crippen molar-refractivity contribution in [2.75, 3.05) is 13.2 Å². The van der Waals surface area contributed by atoms with Crippen molar-refractivity contribution in [2.24, 2.45) is 5.73 Å². The van der Waals surface area contributed by atoms with Crippen molar-refractivity contribution in [1.82, 2.24) is 0 Å². The summed E-state index contributed by atoms with van der Waals surface area (Å²) >= 11 is 5.56. The maximum Gasteiger partial charge on any atom is 0.166 e. The first-order valence-corrected chi connectivity index (χ1v) is 4.40. The predicted octanol–water partition coefficient (Wildman–Crippen LogP) is 2.21. The maximum atomic E-state index is 13.0. The Hall–Kier alpha value is -0.800. The van der Waals surface area contributed by atoms with Gasteiger partial charge in [-0.15, -0.1) is 0 Å². The fourth-order valence-electron chi connectivity index (χ4n) is 0.858. The second-order valence-electron chi connectivity index (χ2n) is 2.57. The summed E-state index contributed by atoms with van der Waals surface area (Å²) in [5, 5.41) is 0.365. The molecular weight excluding hydrogens is 193 g/mol. The second kappa shape index (κ2) is 5.04. The number of hydrogen-bond donors (Lipinski definition) is 1. The van der Waals surface area contributed by atoms with Crippen LogP contribution in [0.5, 0.6) is 5.75 Å². The van der Waals surface area contributed by atoms with Crippen LogP contribution in [0, 0.1) is 5.82 Å². The number of ether oxygens (including phenoxy) is 1. The summed E-state index contributed by atoms with van der Waals surface area (Å²) in [6.07, 6.45) is 0.710. The Balaban J connectivity index is 2.56. The highest BCUT2D eigenvalue weighted by Gasteiger charge is 2.02. The largest absolute Gasteiger partial charge is 0.490 e. The molecule has 0 radical (unpaired) electrons. The van der Waals surface area contributed by atoms with Crippen LogP contribution in [0.2, 0.25) is 5.02 Å². The van der Waals surface area contributed by atoms with Gasteiger partial charge in [-0.2, -0.15) is 0 Å². The summed E-state index contributed by atoms with van der Waals surface area (Å²) in [7, 11) is 0. The molecule has 0 aliphatic heterocycles. The summed E-state index contributed by atoms with van der Waals surface area (Å²) in [5.74, 6) is -0.220. The molecule has 0 spiro atoms. The van der Waals surface area contributed by atoms with E-state index in [0.29, 0.717) is 24.6 Å². The molecule has 0 amide bonds. The third kappa shape index (κ3) is 3.20. The number of rotatable bonds is 4. The number of halogens is 2. The molecule has 0 heterocycles. The third-order valence-corrected chi connectivity index (χ3v) is 1.74. The smallest absolute Gasteiger partial charge is 0.166 e. The van der Waals surface area contributed by atoms with Crippen LogP contribution >= 0.6 is 11.6 Å². The highest BCUT2D eigenvalue weighted by Crippen LogP contribution is 2.20. The van der Waals surface area contributed by atoms with Crippen molar-refractivity contribution < 1.29 is 9.13 Å². The van der Waals surface area contributed by atoms with Crippen LogP contribution in [0.1, 0.15) is 6.42 Å². The Kier molecular flexibility index (Phi) is 3.99. The molecule has 0 atom stereocenters. The van der Waals surface area contributed by atoms with Gasteiger partial charge in [-0.25, -0.2) is 4.39 Å². The SMILES string of the molecule is NCCCOc1ccc(Cl)cc1F. The zero-order valence-electron chi connectivity index (χ0n) is 7.09. The summed E-state index contributed by atoms with van der Waals surface area (Å²) in [4.78, 5) is 0. The standard InChI is InChI=1S/C9H11ClFNO/c10-7-2-3-9(8(11)6-7)13-5-1-4-12/h2-3,6H,1,4-5,12H2. The molecule has 0 aliphatic carbocycles. The Morgan fingerprint density at radius 1 is 1.46 bits per heavy atom. The molecule has 4 heteroatoms. The minimum absolute atomic E-state index is 0.220. The lowest BCUT2D eigenvalue weighted by atomic mass is 10.3. The molecule has 0 aromatic heterocycles. The molecule has 0 unspecified atom stereocenters. The fourth-order valence-corrected chi connectivity index (χ4v) is 1.02. The van der Waals surface area contributed by atoms with Crippen LogP contribution in [0.25, 0.3) is 0 Å². The second-order valence-corrected chi connectivity index (χ2v) is 3.00. The predicted molar refractivity (Wildman–Crippen MR) is 50.6 cm³/mol. The van der Waals surface area contributed by atoms with Gasteiger partial charge in [0.2, 0.25) is 0 Å². The van der Waals surface area contributed by atoms with E-state index in [9.17, 15) is 4.39 Å². The van der Waals surface area contributed by atoms with Gasteiger partial charge in [0.1, 0.15) is 0 Å². The van der Waals surface area contributed by atoms with E-state index < -0.39 is 5.82 Å². The number of hydrogen-bond acceptors (Lipinski definition) is 2. The Bertz CT molecular complexity index is 280. The molecule has 0 saturated heterocycles. The van der Waals surface area contributed by atoms with E-state index in [1.807, 2.05) is 0 Å². The topological polar surface area (TPSA) is 35.2 Å². The molecule has 1 aromatic carbocycles. The van der Waals surface area contributed by atoms with Crippen LogP contribution in [0.4, 0.5) is 4.39 Å². The van der Waals surface area contributed by atoms with Crippen LogP contribution in [-0.2, 0) is 0 Å². The summed E-state index contributed by atoms with van der Waals surface area (Å²) < 4.78 is 18.2. The molecule has 1 rings (SSSR count).